The van der Waals surface area contributed by atoms with Crippen LogP contribution in [0, 0.1) is 6.92 Å². The molecule has 0 bridgehead atoms. The van der Waals surface area contributed by atoms with E-state index in [2.05, 4.69) is 20.6 Å². The zero-order valence-electron chi connectivity index (χ0n) is 13.9. The third-order valence-electron chi connectivity index (χ3n) is 3.33. The van der Waals surface area contributed by atoms with E-state index in [1.807, 2.05) is 0 Å². The van der Waals surface area contributed by atoms with Crippen molar-refractivity contribution >= 4 is 17.5 Å². The van der Waals surface area contributed by atoms with Crippen LogP contribution in [-0.2, 0) is 6.18 Å². The summed E-state index contributed by atoms with van der Waals surface area (Å²) in [5, 5.41) is 5.46. The number of anilines is 2. The summed E-state index contributed by atoms with van der Waals surface area (Å²) in [6.45, 7) is 3.54. The highest BCUT2D eigenvalue weighted by Crippen LogP contribution is 2.32. The molecule has 0 spiro atoms. The molecule has 0 aliphatic rings. The third kappa shape index (κ3) is 4.37. The number of nitrogens with one attached hydrogen (secondary N) is 2. The van der Waals surface area contributed by atoms with Crippen LogP contribution >= 0.6 is 0 Å². The van der Waals surface area contributed by atoms with Crippen molar-refractivity contribution in [2.75, 3.05) is 19.0 Å². The Hall–Kier alpha value is -2.84. The molecule has 0 radical (unpaired) electrons. The highest BCUT2D eigenvalue weighted by molar-refractivity contribution is 5.95. The largest absolute Gasteiger partial charge is 0.495 e. The average molecular weight is 354 g/mol. The van der Waals surface area contributed by atoms with Crippen molar-refractivity contribution in [1.82, 2.24) is 15.3 Å². The Balaban J connectivity index is 2.28. The van der Waals surface area contributed by atoms with Crippen LogP contribution in [0.4, 0.5) is 24.8 Å². The monoisotopic (exact) mass is 354 g/mol. The van der Waals surface area contributed by atoms with E-state index in [-0.39, 0.29) is 17.5 Å². The van der Waals surface area contributed by atoms with Crippen molar-refractivity contribution in [1.29, 1.82) is 0 Å². The Labute approximate surface area is 142 Å². The van der Waals surface area contributed by atoms with Crippen molar-refractivity contribution in [2.45, 2.75) is 20.0 Å². The van der Waals surface area contributed by atoms with Gasteiger partial charge in [0.1, 0.15) is 5.75 Å². The Kier molecular flexibility index (Phi) is 5.45. The molecule has 0 fully saturated rings. The summed E-state index contributed by atoms with van der Waals surface area (Å²) in [5.74, 6) is 0.0773. The fourth-order valence-electron chi connectivity index (χ4n) is 2.12. The number of aromatic nitrogens is 2. The van der Waals surface area contributed by atoms with Gasteiger partial charge in [0.05, 0.1) is 24.1 Å². The molecular formula is C16H17F3N4O2. The minimum atomic E-state index is -4.51. The number of carbonyl (C=O) groups excluding carboxylic acids is 1. The molecule has 1 amide bonds. The maximum Gasteiger partial charge on any atom is 0.419 e. The molecule has 1 aromatic carbocycles. The molecule has 2 aromatic rings. The fraction of sp³-hybridized carbons (Fsp3) is 0.312. The Morgan fingerprint density at radius 1 is 1.32 bits per heavy atom. The first-order valence-electron chi connectivity index (χ1n) is 7.40. The summed E-state index contributed by atoms with van der Waals surface area (Å²) in [5.41, 5.74) is -0.261. The number of ether oxygens (including phenoxy) is 1. The van der Waals surface area contributed by atoms with Crippen LogP contribution in [0.25, 0.3) is 0 Å². The number of nitrogens with zero attached hydrogens (tertiary/aromatic N) is 2. The van der Waals surface area contributed by atoms with Crippen LogP contribution in [0.15, 0.2) is 24.4 Å². The molecule has 2 N–H and O–H groups in total. The second-order valence-corrected chi connectivity index (χ2v) is 5.09. The molecule has 9 heteroatoms. The number of aryl methyl sites for hydroxylation is 1. The van der Waals surface area contributed by atoms with Crippen LogP contribution < -0.4 is 15.4 Å². The van der Waals surface area contributed by atoms with E-state index in [0.29, 0.717) is 23.5 Å². The summed E-state index contributed by atoms with van der Waals surface area (Å²) in [7, 11) is 1.42. The van der Waals surface area contributed by atoms with Gasteiger partial charge < -0.3 is 15.4 Å². The first-order valence-corrected chi connectivity index (χ1v) is 7.40. The molecule has 0 saturated heterocycles. The van der Waals surface area contributed by atoms with Crippen LogP contribution in [0.1, 0.15) is 28.5 Å². The quantitative estimate of drug-likeness (QED) is 0.862. The summed E-state index contributed by atoms with van der Waals surface area (Å²) < 4.78 is 43.5. The van der Waals surface area contributed by atoms with E-state index in [9.17, 15) is 18.0 Å². The number of halogens is 3. The van der Waals surface area contributed by atoms with Crippen molar-refractivity contribution in [3.63, 3.8) is 0 Å². The molecule has 134 valence electrons. The zero-order valence-corrected chi connectivity index (χ0v) is 13.9. The molecule has 1 aromatic heterocycles. The standard InChI is InChI=1S/C16H17F3N4O2/c1-4-20-14(24)10-5-6-12(13(7-10)25-3)23-15-21-8-11(9(2)22-15)16(17,18)19/h5-8H,4H2,1-3H3,(H,20,24)(H,21,22,23). The summed E-state index contributed by atoms with van der Waals surface area (Å²) in [4.78, 5) is 19.3. The lowest BCUT2D eigenvalue weighted by Gasteiger charge is -2.13. The van der Waals surface area contributed by atoms with Crippen molar-refractivity contribution in [2.24, 2.45) is 0 Å². The summed E-state index contributed by atoms with van der Waals surface area (Å²) >= 11 is 0. The molecule has 0 aliphatic carbocycles. The number of carbonyl (C=O) groups is 1. The van der Waals surface area contributed by atoms with Gasteiger partial charge in [-0.25, -0.2) is 9.97 Å². The highest BCUT2D eigenvalue weighted by Gasteiger charge is 2.33. The highest BCUT2D eigenvalue weighted by atomic mass is 19.4. The number of alkyl halides is 3. The Bertz CT molecular complexity index is 778. The molecular weight excluding hydrogens is 337 g/mol. The topological polar surface area (TPSA) is 76.1 Å². The van der Waals surface area contributed by atoms with Crippen LogP contribution in [0.5, 0.6) is 5.75 Å². The predicted octanol–water partition coefficient (Wildman–Crippen LogP) is 3.31. The van der Waals surface area contributed by atoms with Gasteiger partial charge in [0.15, 0.2) is 0 Å². The lowest BCUT2D eigenvalue weighted by molar-refractivity contribution is -0.138. The second kappa shape index (κ2) is 7.37. The van der Waals surface area contributed by atoms with Crippen molar-refractivity contribution in [3.8, 4) is 5.75 Å². The minimum absolute atomic E-state index is 0.00504. The lowest BCUT2D eigenvalue weighted by atomic mass is 10.1. The van der Waals surface area contributed by atoms with E-state index < -0.39 is 11.7 Å². The maximum atomic E-state index is 12.8. The van der Waals surface area contributed by atoms with Gasteiger partial charge >= 0.3 is 6.18 Å². The van der Waals surface area contributed by atoms with Crippen LogP contribution in [-0.4, -0.2) is 29.5 Å². The summed E-state index contributed by atoms with van der Waals surface area (Å²) in [6.07, 6.45) is -3.78. The molecule has 0 unspecified atom stereocenters. The van der Waals surface area contributed by atoms with E-state index in [0.717, 1.165) is 6.20 Å². The normalized spacial score (nSPS) is 11.1. The van der Waals surface area contributed by atoms with E-state index in [1.54, 1.807) is 19.1 Å². The Morgan fingerprint density at radius 2 is 2.04 bits per heavy atom. The maximum absolute atomic E-state index is 12.8. The number of rotatable bonds is 5. The molecule has 6 nitrogen and oxygen atoms in total. The van der Waals surface area contributed by atoms with Crippen LogP contribution in [0.3, 0.4) is 0 Å². The number of methoxy groups -OCH3 is 1. The van der Waals surface area contributed by atoms with Crippen molar-refractivity contribution in [3.05, 3.63) is 41.2 Å². The van der Waals surface area contributed by atoms with E-state index in [1.165, 1.54) is 20.1 Å². The van der Waals surface area contributed by atoms with Gasteiger partial charge in [-0.3, -0.25) is 4.79 Å². The number of benzene rings is 1. The summed E-state index contributed by atoms with van der Waals surface area (Å²) in [6, 6.07) is 4.65. The lowest BCUT2D eigenvalue weighted by Crippen LogP contribution is -2.22. The van der Waals surface area contributed by atoms with E-state index >= 15 is 0 Å². The van der Waals surface area contributed by atoms with Crippen LogP contribution in [0.2, 0.25) is 0 Å². The molecule has 1 heterocycles. The number of hydrogen-bond acceptors (Lipinski definition) is 5. The predicted molar refractivity (Wildman–Crippen MR) is 86.1 cm³/mol. The molecule has 0 aliphatic heterocycles. The van der Waals surface area contributed by atoms with Gasteiger partial charge in [0.25, 0.3) is 5.91 Å². The number of amides is 1. The Morgan fingerprint density at radius 3 is 2.60 bits per heavy atom. The van der Waals surface area contributed by atoms with Gasteiger partial charge in [-0.1, -0.05) is 0 Å². The molecule has 0 atom stereocenters. The number of hydrogen-bond donors (Lipinski definition) is 2. The molecule has 2 rings (SSSR count). The van der Waals surface area contributed by atoms with Gasteiger partial charge in [-0.05, 0) is 32.0 Å². The second-order valence-electron chi connectivity index (χ2n) is 5.09. The minimum Gasteiger partial charge on any atom is -0.495 e. The zero-order chi connectivity index (χ0) is 18.6. The van der Waals surface area contributed by atoms with Gasteiger partial charge in [-0.15, -0.1) is 0 Å². The first kappa shape index (κ1) is 18.5. The van der Waals surface area contributed by atoms with Crippen molar-refractivity contribution < 1.29 is 22.7 Å². The molecule has 25 heavy (non-hydrogen) atoms. The van der Waals surface area contributed by atoms with E-state index in [4.69, 9.17) is 4.74 Å². The average Bonchev–Trinajstić information content (AvgIpc) is 2.54. The van der Waals surface area contributed by atoms with Gasteiger partial charge in [-0.2, -0.15) is 13.2 Å². The first-order chi connectivity index (χ1) is 11.8. The fourth-order valence-corrected chi connectivity index (χ4v) is 2.12. The SMILES string of the molecule is CCNC(=O)c1ccc(Nc2ncc(C(F)(F)F)c(C)n2)c(OC)c1. The molecule has 0 saturated carbocycles. The smallest absolute Gasteiger partial charge is 0.419 e. The van der Waals surface area contributed by atoms with Gasteiger partial charge in [0, 0.05) is 18.3 Å². The third-order valence-corrected chi connectivity index (χ3v) is 3.33. The van der Waals surface area contributed by atoms with Gasteiger partial charge in [0.2, 0.25) is 5.95 Å².